The van der Waals surface area contributed by atoms with E-state index < -0.39 is 6.16 Å². The maximum Gasteiger partial charge on any atom is 0.506 e. The molecule has 0 amide bonds. The standard InChI is InChI=1S/C14H12O3/c15-14(16)17-9-3-4-11-7-8-12-5-1-2-6-13(12)10-11/h1-8,10H,9H2,(H,15,16). The summed E-state index contributed by atoms with van der Waals surface area (Å²) in [7, 11) is 0. The van der Waals surface area contributed by atoms with E-state index in [9.17, 15) is 4.79 Å². The fraction of sp³-hybridized carbons (Fsp3) is 0.0714. The molecule has 0 aliphatic carbocycles. The van der Waals surface area contributed by atoms with Crippen molar-refractivity contribution in [1.82, 2.24) is 0 Å². The molecule has 0 fully saturated rings. The van der Waals surface area contributed by atoms with E-state index in [0.29, 0.717) is 0 Å². The third-order valence-electron chi connectivity index (χ3n) is 2.39. The molecule has 0 spiro atoms. The first-order valence-corrected chi connectivity index (χ1v) is 5.27. The van der Waals surface area contributed by atoms with E-state index >= 15 is 0 Å². The van der Waals surface area contributed by atoms with E-state index in [1.165, 1.54) is 5.39 Å². The van der Waals surface area contributed by atoms with Crippen LogP contribution in [0.15, 0.2) is 48.5 Å². The molecule has 3 heteroatoms. The number of benzene rings is 2. The zero-order valence-electron chi connectivity index (χ0n) is 9.17. The fourth-order valence-electron chi connectivity index (χ4n) is 1.62. The molecule has 0 aromatic heterocycles. The molecular formula is C14H12O3. The summed E-state index contributed by atoms with van der Waals surface area (Å²) in [5.74, 6) is 0. The normalized spacial score (nSPS) is 10.8. The number of fused-ring (bicyclic) bond motifs is 1. The van der Waals surface area contributed by atoms with Crippen LogP contribution in [-0.4, -0.2) is 17.9 Å². The van der Waals surface area contributed by atoms with E-state index in [2.05, 4.69) is 10.8 Å². The highest BCUT2D eigenvalue weighted by molar-refractivity contribution is 5.84. The summed E-state index contributed by atoms with van der Waals surface area (Å²) in [4.78, 5) is 10.1. The topological polar surface area (TPSA) is 46.5 Å². The molecule has 0 saturated heterocycles. The first-order valence-electron chi connectivity index (χ1n) is 5.27. The Hall–Kier alpha value is -2.29. The Morgan fingerprint density at radius 3 is 2.71 bits per heavy atom. The minimum Gasteiger partial charge on any atom is -0.450 e. The van der Waals surface area contributed by atoms with Gasteiger partial charge in [0.25, 0.3) is 0 Å². The highest BCUT2D eigenvalue weighted by atomic mass is 16.7. The number of hydrogen-bond acceptors (Lipinski definition) is 2. The highest BCUT2D eigenvalue weighted by Crippen LogP contribution is 2.16. The van der Waals surface area contributed by atoms with Crippen molar-refractivity contribution < 1.29 is 14.6 Å². The van der Waals surface area contributed by atoms with Crippen LogP contribution < -0.4 is 0 Å². The molecule has 1 N–H and O–H groups in total. The van der Waals surface area contributed by atoms with Crippen molar-refractivity contribution in [1.29, 1.82) is 0 Å². The first-order chi connectivity index (χ1) is 8.25. The summed E-state index contributed by atoms with van der Waals surface area (Å²) >= 11 is 0. The number of rotatable bonds is 3. The van der Waals surface area contributed by atoms with Crippen LogP contribution >= 0.6 is 0 Å². The van der Waals surface area contributed by atoms with E-state index in [0.717, 1.165) is 10.9 Å². The van der Waals surface area contributed by atoms with Gasteiger partial charge in [0.2, 0.25) is 0 Å². The van der Waals surface area contributed by atoms with Gasteiger partial charge < -0.3 is 9.84 Å². The monoisotopic (exact) mass is 228 g/mol. The predicted molar refractivity (Wildman–Crippen MR) is 67.0 cm³/mol. The van der Waals surface area contributed by atoms with Gasteiger partial charge in [-0.2, -0.15) is 0 Å². The molecule has 0 aliphatic heterocycles. The lowest BCUT2D eigenvalue weighted by atomic mass is 10.1. The Bertz CT molecular complexity index is 558. The van der Waals surface area contributed by atoms with Gasteiger partial charge in [-0.3, -0.25) is 0 Å². The first kappa shape index (κ1) is 11.2. The van der Waals surface area contributed by atoms with Gasteiger partial charge in [-0.1, -0.05) is 42.5 Å². The molecule has 0 radical (unpaired) electrons. The van der Waals surface area contributed by atoms with Gasteiger partial charge in [-0.05, 0) is 28.5 Å². The Kier molecular flexibility index (Phi) is 3.40. The predicted octanol–water partition coefficient (Wildman–Crippen LogP) is 3.55. The van der Waals surface area contributed by atoms with Crippen molar-refractivity contribution in [3.8, 4) is 0 Å². The van der Waals surface area contributed by atoms with Crippen LogP contribution in [0.4, 0.5) is 4.79 Å². The second-order valence-electron chi connectivity index (χ2n) is 3.59. The number of carboxylic acid groups (broad SMARTS) is 1. The quantitative estimate of drug-likeness (QED) is 0.817. The molecule has 86 valence electrons. The van der Waals surface area contributed by atoms with E-state index in [1.807, 2.05) is 42.5 Å². The van der Waals surface area contributed by atoms with Crippen molar-refractivity contribution >= 4 is 23.0 Å². The summed E-state index contributed by atoms with van der Waals surface area (Å²) < 4.78 is 4.38. The Morgan fingerprint density at radius 2 is 1.94 bits per heavy atom. The van der Waals surface area contributed by atoms with Gasteiger partial charge in [0.15, 0.2) is 0 Å². The lowest BCUT2D eigenvalue weighted by Gasteiger charge is -1.99. The molecule has 3 nitrogen and oxygen atoms in total. The maximum atomic E-state index is 10.1. The molecule has 0 heterocycles. The van der Waals surface area contributed by atoms with Gasteiger partial charge in [0.05, 0.1) is 0 Å². The summed E-state index contributed by atoms with van der Waals surface area (Å²) in [6, 6.07) is 14.2. The van der Waals surface area contributed by atoms with Crippen molar-refractivity contribution in [2.45, 2.75) is 0 Å². The lowest BCUT2D eigenvalue weighted by Crippen LogP contribution is -1.98. The van der Waals surface area contributed by atoms with Crippen LogP contribution in [0.3, 0.4) is 0 Å². The molecule has 0 bridgehead atoms. The van der Waals surface area contributed by atoms with E-state index in [4.69, 9.17) is 5.11 Å². The molecule has 2 aromatic rings. The molecular weight excluding hydrogens is 216 g/mol. The smallest absolute Gasteiger partial charge is 0.450 e. The van der Waals surface area contributed by atoms with E-state index in [1.54, 1.807) is 6.08 Å². The van der Waals surface area contributed by atoms with Gasteiger partial charge in [0.1, 0.15) is 6.61 Å². The highest BCUT2D eigenvalue weighted by Gasteiger charge is 1.94. The van der Waals surface area contributed by atoms with Crippen molar-refractivity contribution in [2.24, 2.45) is 0 Å². The third kappa shape index (κ3) is 3.08. The van der Waals surface area contributed by atoms with Crippen molar-refractivity contribution in [3.63, 3.8) is 0 Å². The summed E-state index contributed by atoms with van der Waals surface area (Å²) in [6.07, 6.45) is 2.27. The van der Waals surface area contributed by atoms with Crippen molar-refractivity contribution in [3.05, 3.63) is 54.1 Å². The number of hydrogen-bond donors (Lipinski definition) is 1. The second kappa shape index (κ2) is 5.16. The van der Waals surface area contributed by atoms with Crippen molar-refractivity contribution in [2.75, 3.05) is 6.61 Å². The van der Waals surface area contributed by atoms with Gasteiger partial charge >= 0.3 is 6.16 Å². The molecule has 17 heavy (non-hydrogen) atoms. The summed E-state index contributed by atoms with van der Waals surface area (Å²) in [5.41, 5.74) is 1.03. The number of carbonyl (C=O) groups is 1. The molecule has 2 rings (SSSR count). The molecule has 0 atom stereocenters. The largest absolute Gasteiger partial charge is 0.506 e. The van der Waals surface area contributed by atoms with Gasteiger partial charge in [0, 0.05) is 0 Å². The average molecular weight is 228 g/mol. The van der Waals surface area contributed by atoms with Crippen LogP contribution in [0.1, 0.15) is 5.56 Å². The minimum atomic E-state index is -1.26. The summed E-state index contributed by atoms with van der Waals surface area (Å²) in [5, 5.41) is 10.6. The second-order valence-corrected chi connectivity index (χ2v) is 3.59. The molecule has 0 saturated carbocycles. The van der Waals surface area contributed by atoms with Crippen LogP contribution in [0.5, 0.6) is 0 Å². The fourth-order valence-corrected chi connectivity index (χ4v) is 1.62. The maximum absolute atomic E-state index is 10.1. The van der Waals surface area contributed by atoms with E-state index in [-0.39, 0.29) is 6.61 Å². The zero-order chi connectivity index (χ0) is 12.1. The van der Waals surface area contributed by atoms with Gasteiger partial charge in [-0.25, -0.2) is 4.79 Å². The van der Waals surface area contributed by atoms with Crippen LogP contribution in [0.2, 0.25) is 0 Å². The Balaban J connectivity index is 2.11. The van der Waals surface area contributed by atoms with Gasteiger partial charge in [-0.15, -0.1) is 0 Å². The molecule has 0 aliphatic rings. The molecule has 2 aromatic carbocycles. The SMILES string of the molecule is O=C(O)OCC=Cc1ccc2ccccc2c1. The van der Waals surface area contributed by atoms with Crippen LogP contribution in [0, 0.1) is 0 Å². The summed E-state index contributed by atoms with van der Waals surface area (Å²) in [6.45, 7) is 0.0716. The third-order valence-corrected chi connectivity index (χ3v) is 2.39. The minimum absolute atomic E-state index is 0.0716. The Labute approximate surface area is 99.0 Å². The average Bonchev–Trinajstić information content (AvgIpc) is 2.34. The zero-order valence-corrected chi connectivity index (χ0v) is 9.17. The lowest BCUT2D eigenvalue weighted by molar-refractivity contribution is 0.102. The van der Waals surface area contributed by atoms with Crippen LogP contribution in [0.25, 0.3) is 16.8 Å². The number of ether oxygens (including phenoxy) is 1. The Morgan fingerprint density at radius 1 is 1.18 bits per heavy atom. The molecule has 0 unspecified atom stereocenters. The van der Waals surface area contributed by atoms with Crippen LogP contribution in [-0.2, 0) is 4.74 Å².